The third-order valence-corrected chi connectivity index (χ3v) is 4.87. The molecule has 3 heterocycles. The maximum Gasteiger partial charge on any atom is 0.407 e. The van der Waals surface area contributed by atoms with Gasteiger partial charge in [0, 0.05) is 26.1 Å². The van der Waals surface area contributed by atoms with E-state index < -0.39 is 6.09 Å². The van der Waals surface area contributed by atoms with Crippen molar-refractivity contribution >= 4 is 18.0 Å². The number of carbonyl (C=O) groups excluding carboxylic acids is 1. The highest BCUT2D eigenvalue weighted by atomic mass is 16.5. The summed E-state index contributed by atoms with van der Waals surface area (Å²) in [5.41, 5.74) is 4.40. The predicted octanol–water partition coefficient (Wildman–Crippen LogP) is 2.14. The molecule has 2 N–H and O–H groups in total. The maximum atomic E-state index is 12.2. The summed E-state index contributed by atoms with van der Waals surface area (Å²) in [5, 5.41) is 9.16. The lowest BCUT2D eigenvalue weighted by atomic mass is 10.0. The minimum atomic E-state index is -0.917. The number of hydrogen-bond donors (Lipinski definition) is 2. The number of nitrogens with one attached hydrogen (secondary N) is 1. The molecule has 0 bridgehead atoms. The van der Waals surface area contributed by atoms with Crippen LogP contribution in [0.1, 0.15) is 39.8 Å². The highest BCUT2D eigenvalue weighted by Crippen LogP contribution is 2.31. The first kappa shape index (κ1) is 16.4. The molecule has 136 valence electrons. The van der Waals surface area contributed by atoms with E-state index in [-0.39, 0.29) is 5.97 Å². The topological polar surface area (TPSA) is 98.8 Å². The van der Waals surface area contributed by atoms with Crippen molar-refractivity contribution in [1.29, 1.82) is 0 Å². The van der Waals surface area contributed by atoms with Crippen LogP contribution in [0, 0.1) is 0 Å². The van der Waals surface area contributed by atoms with Crippen LogP contribution < -0.4 is 4.90 Å². The molecular weight excluding hydrogens is 336 g/mol. The number of carboxylic acid groups (broad SMARTS) is 1. The van der Waals surface area contributed by atoms with E-state index in [1.807, 2.05) is 12.1 Å². The second kappa shape index (κ2) is 6.36. The molecule has 1 aromatic heterocycles. The van der Waals surface area contributed by atoms with Crippen molar-refractivity contribution in [3.05, 3.63) is 46.3 Å². The Balaban J connectivity index is 1.57. The second-order valence-electron chi connectivity index (χ2n) is 6.46. The van der Waals surface area contributed by atoms with Gasteiger partial charge in [-0.25, -0.2) is 14.6 Å². The van der Waals surface area contributed by atoms with E-state index in [9.17, 15) is 9.59 Å². The Hall–Kier alpha value is -3.03. The van der Waals surface area contributed by atoms with Crippen LogP contribution in [0.15, 0.2) is 18.2 Å². The fourth-order valence-corrected chi connectivity index (χ4v) is 3.56. The second-order valence-corrected chi connectivity index (χ2v) is 6.46. The molecule has 2 aromatic rings. The van der Waals surface area contributed by atoms with Gasteiger partial charge in [0.05, 0.1) is 30.1 Å². The van der Waals surface area contributed by atoms with E-state index >= 15 is 0 Å². The van der Waals surface area contributed by atoms with Crippen LogP contribution in [0.25, 0.3) is 0 Å². The smallest absolute Gasteiger partial charge is 0.407 e. The lowest BCUT2D eigenvalue weighted by Crippen LogP contribution is -2.34. The number of esters is 1. The van der Waals surface area contributed by atoms with Gasteiger partial charge in [-0.2, -0.15) is 0 Å². The van der Waals surface area contributed by atoms with Crippen LogP contribution in [0.3, 0.4) is 0 Å². The Morgan fingerprint density at radius 1 is 1.31 bits per heavy atom. The molecule has 1 aromatic carbocycles. The lowest BCUT2D eigenvalue weighted by Gasteiger charge is -2.22. The van der Waals surface area contributed by atoms with E-state index in [0.29, 0.717) is 50.7 Å². The molecule has 0 radical (unpaired) electrons. The number of hydrogen-bond acceptors (Lipinski definition) is 5. The van der Waals surface area contributed by atoms with E-state index in [1.165, 1.54) is 4.90 Å². The number of amides is 1. The van der Waals surface area contributed by atoms with E-state index in [0.717, 1.165) is 22.5 Å². The zero-order chi connectivity index (χ0) is 18.3. The molecule has 0 aliphatic carbocycles. The van der Waals surface area contributed by atoms with Crippen molar-refractivity contribution in [3.63, 3.8) is 0 Å². The molecule has 0 fully saturated rings. The van der Waals surface area contributed by atoms with Gasteiger partial charge in [0.25, 0.3) is 0 Å². The van der Waals surface area contributed by atoms with Crippen LogP contribution >= 0.6 is 0 Å². The van der Waals surface area contributed by atoms with Gasteiger partial charge in [-0.15, -0.1) is 0 Å². The zero-order valence-electron chi connectivity index (χ0n) is 14.5. The Kier molecular flexibility index (Phi) is 4.02. The standard InChI is InChI=1S/C18H20N4O4/c1-2-26-16(23)12-5-3-4-11-8-22(9-13(11)12)17-19-14-6-7-21(18(24)25)10-15(14)20-17/h3-5H,2,6-10H2,1H3,(H,19,20)(H,24,25). The van der Waals surface area contributed by atoms with Crippen molar-refractivity contribution < 1.29 is 19.4 Å². The van der Waals surface area contributed by atoms with Crippen LogP contribution in [0.5, 0.6) is 0 Å². The zero-order valence-corrected chi connectivity index (χ0v) is 14.5. The number of nitrogens with zero attached hydrogens (tertiary/aromatic N) is 3. The Labute approximate surface area is 150 Å². The normalized spacial score (nSPS) is 15.6. The largest absolute Gasteiger partial charge is 0.465 e. The summed E-state index contributed by atoms with van der Waals surface area (Å²) in [4.78, 5) is 34.7. The van der Waals surface area contributed by atoms with Crippen molar-refractivity contribution in [2.75, 3.05) is 18.1 Å². The molecule has 0 saturated heterocycles. The highest BCUT2D eigenvalue weighted by molar-refractivity contribution is 5.92. The van der Waals surface area contributed by atoms with Crippen molar-refractivity contribution in [2.45, 2.75) is 33.0 Å². The van der Waals surface area contributed by atoms with Gasteiger partial charge >= 0.3 is 12.1 Å². The highest BCUT2D eigenvalue weighted by Gasteiger charge is 2.29. The molecule has 8 heteroatoms. The van der Waals surface area contributed by atoms with Gasteiger partial charge in [-0.1, -0.05) is 12.1 Å². The van der Waals surface area contributed by atoms with Gasteiger partial charge in [-0.05, 0) is 24.1 Å². The van der Waals surface area contributed by atoms with Crippen molar-refractivity contribution in [1.82, 2.24) is 14.9 Å². The molecule has 26 heavy (non-hydrogen) atoms. The molecular formula is C18H20N4O4. The number of rotatable bonds is 3. The van der Waals surface area contributed by atoms with Crippen molar-refractivity contribution in [2.24, 2.45) is 0 Å². The van der Waals surface area contributed by atoms with Gasteiger partial charge in [0.2, 0.25) is 5.95 Å². The number of anilines is 1. The number of fused-ring (bicyclic) bond motifs is 2. The molecule has 0 unspecified atom stereocenters. The molecule has 2 aliphatic heterocycles. The van der Waals surface area contributed by atoms with Crippen LogP contribution in [0.4, 0.5) is 10.7 Å². The Morgan fingerprint density at radius 3 is 2.92 bits per heavy atom. The average Bonchev–Trinajstić information content (AvgIpc) is 3.24. The van der Waals surface area contributed by atoms with Gasteiger partial charge in [0.15, 0.2) is 0 Å². The quantitative estimate of drug-likeness (QED) is 0.818. The summed E-state index contributed by atoms with van der Waals surface area (Å²) in [6, 6.07) is 5.66. The van der Waals surface area contributed by atoms with Crippen molar-refractivity contribution in [3.8, 4) is 0 Å². The molecule has 0 spiro atoms. The minimum Gasteiger partial charge on any atom is -0.465 e. The van der Waals surface area contributed by atoms with E-state index in [4.69, 9.17) is 9.84 Å². The van der Waals surface area contributed by atoms with Gasteiger partial charge < -0.3 is 24.6 Å². The fraction of sp³-hybridized carbons (Fsp3) is 0.389. The first-order valence-corrected chi connectivity index (χ1v) is 8.65. The Morgan fingerprint density at radius 2 is 2.15 bits per heavy atom. The molecule has 0 atom stereocenters. The number of imidazole rings is 1. The van der Waals surface area contributed by atoms with E-state index in [1.54, 1.807) is 13.0 Å². The summed E-state index contributed by atoms with van der Waals surface area (Å²) in [6.07, 6.45) is -0.313. The summed E-state index contributed by atoms with van der Waals surface area (Å²) in [6.45, 7) is 4.14. The third-order valence-electron chi connectivity index (χ3n) is 4.87. The van der Waals surface area contributed by atoms with Crippen LogP contribution in [-0.2, 0) is 30.8 Å². The SMILES string of the molecule is CCOC(=O)c1cccc2c1CN(c1nc3c([nH]1)CN(C(=O)O)CC3)C2. The van der Waals surface area contributed by atoms with Crippen LogP contribution in [-0.4, -0.2) is 45.2 Å². The summed E-state index contributed by atoms with van der Waals surface area (Å²) in [5.74, 6) is 0.412. The average molecular weight is 356 g/mol. The fourth-order valence-electron chi connectivity index (χ4n) is 3.56. The summed E-state index contributed by atoms with van der Waals surface area (Å²) >= 11 is 0. The van der Waals surface area contributed by atoms with Crippen LogP contribution in [0.2, 0.25) is 0 Å². The molecule has 0 saturated carbocycles. The maximum absolute atomic E-state index is 12.2. The third kappa shape index (κ3) is 2.77. The number of carbonyl (C=O) groups is 2. The van der Waals surface area contributed by atoms with Gasteiger partial charge in [-0.3, -0.25) is 0 Å². The first-order chi connectivity index (χ1) is 12.6. The number of aromatic amines is 1. The summed E-state index contributed by atoms with van der Waals surface area (Å²) < 4.78 is 5.15. The molecule has 8 nitrogen and oxygen atoms in total. The van der Waals surface area contributed by atoms with E-state index in [2.05, 4.69) is 14.9 Å². The predicted molar refractivity (Wildman–Crippen MR) is 93.0 cm³/mol. The number of aromatic nitrogens is 2. The Bertz CT molecular complexity index is 876. The molecule has 4 rings (SSSR count). The minimum absolute atomic E-state index is 0.304. The first-order valence-electron chi connectivity index (χ1n) is 8.65. The molecule has 2 aliphatic rings. The van der Waals surface area contributed by atoms with Gasteiger partial charge in [0.1, 0.15) is 0 Å². The number of H-pyrrole nitrogens is 1. The lowest BCUT2D eigenvalue weighted by molar-refractivity contribution is 0.0525. The number of benzene rings is 1. The molecule has 1 amide bonds. The monoisotopic (exact) mass is 356 g/mol. The number of ether oxygens (including phenoxy) is 1. The summed E-state index contributed by atoms with van der Waals surface area (Å²) in [7, 11) is 0.